The van der Waals surface area contributed by atoms with Crippen molar-refractivity contribution in [3.05, 3.63) is 131 Å². The van der Waals surface area contributed by atoms with Crippen molar-refractivity contribution in [2.75, 3.05) is 10.6 Å². The van der Waals surface area contributed by atoms with Crippen LogP contribution in [0.2, 0.25) is 0 Å². The first-order chi connectivity index (χ1) is 24.1. The number of halogens is 4. The molecule has 0 bridgehead atoms. The van der Waals surface area contributed by atoms with Gasteiger partial charge in [-0.1, -0.05) is 12.1 Å². The lowest BCUT2D eigenvalue weighted by molar-refractivity contribution is 0.0696. The molecular weight excluding hydrogens is 658 g/mol. The van der Waals surface area contributed by atoms with Crippen LogP contribution in [0, 0.1) is 23.3 Å². The highest BCUT2D eigenvalue weighted by atomic mass is 19.1. The van der Waals surface area contributed by atoms with Crippen molar-refractivity contribution >= 4 is 46.3 Å². The molecule has 2 aliphatic rings. The zero-order valence-electron chi connectivity index (χ0n) is 25.2. The molecule has 0 atom stereocenters. The summed E-state index contributed by atoms with van der Waals surface area (Å²) in [6.45, 7) is 0. The number of carboxylic acid groups (broad SMARTS) is 1. The van der Waals surface area contributed by atoms with Crippen LogP contribution in [0.1, 0.15) is 31.8 Å². The summed E-state index contributed by atoms with van der Waals surface area (Å²) in [5, 5.41) is 28.4. The highest BCUT2D eigenvalue weighted by Gasteiger charge is 2.25. The number of benzene rings is 4. The molecule has 6 aromatic rings. The second kappa shape index (κ2) is 12.5. The Morgan fingerprint density at radius 2 is 1.04 bits per heavy atom. The standard InChI is InChI=1S/C17H11F2N5O.C17H10F2N4O2/c18-10-2-1-3-11(19)14(10)17-22-12-6-8(16(20)25)4-5-9(12)15-13(23-17)7-21-24-15;18-10-2-1-3-11(19)14(10)16-21-12-6-8(17(24)25)4-5-9(12)15-13(22-16)7-20-23-15/h1-7H,(H2,20,25)(H,21,24)(H,22,23);1-7H,(H,20,23)(H,21,22)(H,24,25). The van der Waals surface area contributed by atoms with Gasteiger partial charge >= 0.3 is 5.97 Å². The van der Waals surface area contributed by atoms with Gasteiger partial charge in [-0.15, -0.1) is 0 Å². The van der Waals surface area contributed by atoms with Gasteiger partial charge < -0.3 is 21.5 Å². The molecular formula is C34H21F4N9O3. The molecule has 7 N–H and O–H groups in total. The topological polar surface area (TPSA) is 187 Å². The average Bonchev–Trinajstić information content (AvgIpc) is 3.67. The lowest BCUT2D eigenvalue weighted by atomic mass is 10.1. The number of H-pyrrole nitrogens is 2. The number of nitrogens with one attached hydrogen (secondary N) is 4. The van der Waals surface area contributed by atoms with Crippen LogP contribution in [0.3, 0.4) is 0 Å². The van der Waals surface area contributed by atoms with Gasteiger partial charge in [-0.25, -0.2) is 32.3 Å². The van der Waals surface area contributed by atoms with Gasteiger partial charge in [-0.3, -0.25) is 15.0 Å². The van der Waals surface area contributed by atoms with Crippen molar-refractivity contribution in [2.24, 2.45) is 15.7 Å². The highest BCUT2D eigenvalue weighted by Crippen LogP contribution is 2.39. The number of nitrogens with two attached hydrogens (primary N) is 1. The Balaban J connectivity index is 0.000000157. The number of amides is 1. The fourth-order valence-electron chi connectivity index (χ4n) is 5.37. The maximum absolute atomic E-state index is 14.2. The number of carboxylic acids is 1. The maximum atomic E-state index is 14.2. The van der Waals surface area contributed by atoms with Crippen molar-refractivity contribution in [3.8, 4) is 22.5 Å². The molecule has 16 heteroatoms. The minimum Gasteiger partial charge on any atom is -0.478 e. The van der Waals surface area contributed by atoms with E-state index in [2.05, 4.69) is 41.0 Å². The number of hydrogen-bond donors (Lipinski definition) is 6. The summed E-state index contributed by atoms with van der Waals surface area (Å²) < 4.78 is 56.7. The monoisotopic (exact) mass is 679 g/mol. The Morgan fingerprint density at radius 3 is 1.46 bits per heavy atom. The van der Waals surface area contributed by atoms with Crippen molar-refractivity contribution < 1.29 is 32.3 Å². The van der Waals surface area contributed by atoms with Crippen LogP contribution >= 0.6 is 0 Å². The molecule has 1 amide bonds. The summed E-state index contributed by atoms with van der Waals surface area (Å²) in [6, 6.07) is 16.1. The normalized spacial score (nSPS) is 12.5. The lowest BCUT2D eigenvalue weighted by Crippen LogP contribution is -2.16. The minimum absolute atomic E-state index is 0.0128. The Kier molecular flexibility index (Phi) is 7.87. The van der Waals surface area contributed by atoms with Gasteiger partial charge in [-0.2, -0.15) is 10.2 Å². The SMILES string of the molecule is NC(=O)c1ccc2c(c1)N=C(c1c(F)cccc1F)Nc1cn[nH]c1-2.O=C(O)c1ccc2c(c1)N=C(c1c(F)cccc1F)Nc1cn[nH]c1-2. The number of primary amides is 1. The van der Waals surface area contributed by atoms with Crippen LogP contribution in [-0.4, -0.2) is 49.0 Å². The van der Waals surface area contributed by atoms with Gasteiger partial charge in [-0.05, 0) is 60.7 Å². The molecule has 2 aromatic heterocycles. The molecule has 2 aliphatic heterocycles. The first kappa shape index (κ1) is 31.5. The summed E-state index contributed by atoms with van der Waals surface area (Å²) in [5.41, 5.74) is 8.82. The van der Waals surface area contributed by atoms with E-state index in [9.17, 15) is 32.3 Å². The molecule has 0 unspecified atom stereocenters. The molecule has 12 nitrogen and oxygen atoms in total. The van der Waals surface area contributed by atoms with E-state index in [1.807, 2.05) is 0 Å². The van der Waals surface area contributed by atoms with Crippen molar-refractivity contribution in [1.29, 1.82) is 0 Å². The van der Waals surface area contributed by atoms with Crippen LogP contribution in [0.5, 0.6) is 0 Å². The number of rotatable bonds is 4. The molecule has 0 radical (unpaired) electrons. The van der Waals surface area contributed by atoms with Gasteiger partial charge in [0.05, 0.1) is 63.2 Å². The number of aromatic carboxylic acids is 1. The zero-order chi connectivity index (χ0) is 35.1. The number of hydrogen-bond acceptors (Lipinski definition) is 8. The zero-order valence-corrected chi connectivity index (χ0v) is 25.2. The van der Waals surface area contributed by atoms with Crippen LogP contribution in [0.4, 0.5) is 40.3 Å². The van der Waals surface area contributed by atoms with E-state index < -0.39 is 35.1 Å². The fraction of sp³-hybridized carbons (Fsp3) is 0. The number of carbonyl (C=O) groups excluding carboxylic acids is 1. The second-order valence-electron chi connectivity index (χ2n) is 10.8. The van der Waals surface area contributed by atoms with Gasteiger partial charge in [0.1, 0.15) is 34.9 Å². The van der Waals surface area contributed by atoms with E-state index in [-0.39, 0.29) is 39.6 Å². The lowest BCUT2D eigenvalue weighted by Gasteiger charge is -2.09. The van der Waals surface area contributed by atoms with Crippen LogP contribution in [-0.2, 0) is 0 Å². The highest BCUT2D eigenvalue weighted by molar-refractivity contribution is 6.14. The molecule has 8 rings (SSSR count). The maximum Gasteiger partial charge on any atom is 0.335 e. The first-order valence-electron chi connectivity index (χ1n) is 14.6. The number of amidine groups is 2. The number of aromatic nitrogens is 4. The Labute approximate surface area is 278 Å². The molecule has 50 heavy (non-hydrogen) atoms. The average molecular weight is 680 g/mol. The third-order valence-electron chi connectivity index (χ3n) is 7.71. The number of nitrogens with zero attached hydrogens (tertiary/aromatic N) is 4. The Bertz CT molecular complexity index is 2210. The number of anilines is 2. The molecule has 0 saturated carbocycles. The molecule has 0 aliphatic carbocycles. The van der Waals surface area contributed by atoms with Crippen molar-refractivity contribution in [1.82, 2.24) is 20.4 Å². The summed E-state index contributed by atoms with van der Waals surface area (Å²) >= 11 is 0. The fourth-order valence-corrected chi connectivity index (χ4v) is 5.37. The summed E-state index contributed by atoms with van der Waals surface area (Å²) in [4.78, 5) is 31.3. The van der Waals surface area contributed by atoms with Gasteiger partial charge in [0.2, 0.25) is 5.91 Å². The number of aromatic amines is 2. The van der Waals surface area contributed by atoms with Gasteiger partial charge in [0, 0.05) is 16.7 Å². The Hall–Kier alpha value is -7.10. The van der Waals surface area contributed by atoms with Crippen molar-refractivity contribution in [3.63, 3.8) is 0 Å². The van der Waals surface area contributed by atoms with E-state index >= 15 is 0 Å². The molecule has 0 fully saturated rings. The first-order valence-corrected chi connectivity index (χ1v) is 14.6. The second-order valence-corrected chi connectivity index (χ2v) is 10.8. The van der Waals surface area contributed by atoms with E-state index in [1.54, 1.807) is 18.2 Å². The largest absolute Gasteiger partial charge is 0.478 e. The third-order valence-corrected chi connectivity index (χ3v) is 7.71. The molecule has 4 heterocycles. The predicted octanol–water partition coefficient (Wildman–Crippen LogP) is 6.51. The smallest absolute Gasteiger partial charge is 0.335 e. The quantitative estimate of drug-likeness (QED) is 0.115. The Morgan fingerprint density at radius 1 is 0.620 bits per heavy atom. The summed E-state index contributed by atoms with van der Waals surface area (Å²) in [6.07, 6.45) is 2.95. The van der Waals surface area contributed by atoms with E-state index in [0.29, 0.717) is 39.6 Å². The molecule has 248 valence electrons. The summed E-state index contributed by atoms with van der Waals surface area (Å²) in [7, 11) is 0. The molecule has 4 aromatic carbocycles. The van der Waals surface area contributed by atoms with Gasteiger partial charge in [0.25, 0.3) is 0 Å². The van der Waals surface area contributed by atoms with E-state index in [1.165, 1.54) is 42.7 Å². The predicted molar refractivity (Wildman–Crippen MR) is 176 cm³/mol. The van der Waals surface area contributed by atoms with Gasteiger partial charge in [0.15, 0.2) is 0 Å². The third kappa shape index (κ3) is 5.70. The summed E-state index contributed by atoms with van der Waals surface area (Å²) in [5.74, 6) is -4.93. The molecule has 0 saturated heterocycles. The molecule has 0 spiro atoms. The number of carbonyl (C=O) groups is 2. The van der Waals surface area contributed by atoms with Crippen LogP contribution in [0.15, 0.2) is 95.2 Å². The van der Waals surface area contributed by atoms with Crippen LogP contribution < -0.4 is 16.4 Å². The van der Waals surface area contributed by atoms with Crippen LogP contribution in [0.25, 0.3) is 22.5 Å². The van der Waals surface area contributed by atoms with Crippen molar-refractivity contribution in [2.45, 2.75) is 0 Å². The number of fused-ring (bicyclic) bond motifs is 6. The minimum atomic E-state index is -1.13. The number of aliphatic imine (C=N–C) groups is 2. The van der Waals surface area contributed by atoms with E-state index in [0.717, 1.165) is 24.3 Å². The van der Waals surface area contributed by atoms with E-state index in [4.69, 9.17) is 5.73 Å².